The van der Waals surface area contributed by atoms with Crippen LogP contribution in [0, 0.1) is 5.92 Å². The van der Waals surface area contributed by atoms with E-state index in [0.29, 0.717) is 31.0 Å². The van der Waals surface area contributed by atoms with Crippen molar-refractivity contribution in [2.45, 2.75) is 25.2 Å². The monoisotopic (exact) mass is 478 g/mol. The number of rotatable bonds is 4. The average molecular weight is 479 g/mol. The van der Waals surface area contributed by atoms with Gasteiger partial charge in [0, 0.05) is 30.5 Å². The summed E-state index contributed by atoms with van der Waals surface area (Å²) in [5.74, 6) is -2.34. The summed E-state index contributed by atoms with van der Waals surface area (Å²) in [6, 6.07) is 4.58. The molecule has 3 heterocycles. The van der Waals surface area contributed by atoms with Crippen LogP contribution in [0.25, 0.3) is 0 Å². The van der Waals surface area contributed by atoms with Crippen molar-refractivity contribution in [3.8, 4) is 0 Å². The molecule has 1 atom stereocenters. The number of hydrogen-bond acceptors (Lipinski definition) is 6. The van der Waals surface area contributed by atoms with Crippen LogP contribution in [0.1, 0.15) is 30.7 Å². The second-order valence-electron chi connectivity index (χ2n) is 7.73. The van der Waals surface area contributed by atoms with Crippen LogP contribution in [-0.4, -0.2) is 40.8 Å². The van der Waals surface area contributed by atoms with E-state index in [1.54, 1.807) is 6.07 Å². The second-order valence-corrected chi connectivity index (χ2v) is 8.58. The minimum Gasteiger partial charge on any atom is -0.369 e. The zero-order chi connectivity index (χ0) is 23.0. The SMILES string of the molecule is NC(=O)C1CCN(c2nc3c(c(=O)[nH]2)[C@H](C(=O)Nc2cc(Cl)ccc2Cl)CC(=O)N3)CC1. The summed E-state index contributed by atoms with van der Waals surface area (Å²) in [7, 11) is 0. The lowest BCUT2D eigenvalue weighted by Gasteiger charge is -2.32. The fourth-order valence-electron chi connectivity index (χ4n) is 3.92. The third-order valence-corrected chi connectivity index (χ3v) is 6.20. The number of H-pyrrole nitrogens is 1. The molecule has 1 aromatic carbocycles. The van der Waals surface area contributed by atoms with Crippen LogP contribution >= 0.6 is 23.2 Å². The van der Waals surface area contributed by atoms with E-state index in [1.807, 2.05) is 4.90 Å². The number of piperidine rings is 1. The quantitative estimate of drug-likeness (QED) is 0.526. The van der Waals surface area contributed by atoms with Crippen molar-refractivity contribution in [3.63, 3.8) is 0 Å². The van der Waals surface area contributed by atoms with Gasteiger partial charge < -0.3 is 21.3 Å². The van der Waals surface area contributed by atoms with Crippen LogP contribution in [0.2, 0.25) is 10.0 Å². The third-order valence-electron chi connectivity index (χ3n) is 5.64. The molecule has 4 rings (SSSR count). The molecule has 0 aliphatic carbocycles. The number of anilines is 3. The highest BCUT2D eigenvalue weighted by molar-refractivity contribution is 6.35. The summed E-state index contributed by atoms with van der Waals surface area (Å²) in [5.41, 5.74) is 5.18. The molecule has 3 amide bonds. The molecule has 0 unspecified atom stereocenters. The number of fused-ring (bicyclic) bond motifs is 1. The molecule has 1 saturated heterocycles. The van der Waals surface area contributed by atoms with Gasteiger partial charge in [-0.2, -0.15) is 4.98 Å². The van der Waals surface area contributed by atoms with Gasteiger partial charge in [0.1, 0.15) is 5.82 Å². The van der Waals surface area contributed by atoms with E-state index in [0.717, 1.165) is 0 Å². The first-order valence-corrected chi connectivity index (χ1v) is 10.7. The van der Waals surface area contributed by atoms with Crippen LogP contribution in [0.4, 0.5) is 17.5 Å². The molecule has 5 N–H and O–H groups in total. The zero-order valence-corrected chi connectivity index (χ0v) is 18.3. The van der Waals surface area contributed by atoms with Crippen LogP contribution in [0.3, 0.4) is 0 Å². The number of benzene rings is 1. The van der Waals surface area contributed by atoms with Gasteiger partial charge in [-0.3, -0.25) is 24.2 Å². The van der Waals surface area contributed by atoms with E-state index in [2.05, 4.69) is 20.6 Å². The zero-order valence-electron chi connectivity index (χ0n) is 16.8. The largest absolute Gasteiger partial charge is 0.369 e. The smallest absolute Gasteiger partial charge is 0.258 e. The van der Waals surface area contributed by atoms with Gasteiger partial charge in [0.2, 0.25) is 23.7 Å². The standard InChI is InChI=1S/C20H20Cl2N6O4/c21-10-1-2-12(22)13(7-10)24-18(31)11-8-14(29)25-17-15(11)19(32)27-20(26-17)28-5-3-9(4-6-28)16(23)30/h1-2,7,9,11H,3-6,8H2,(H2,23,30)(H,24,31)(H2,25,26,27,29,32)/t11-/m1/s1. The Balaban J connectivity index is 1.61. The van der Waals surface area contributed by atoms with Crippen molar-refractivity contribution in [3.05, 3.63) is 44.2 Å². The summed E-state index contributed by atoms with van der Waals surface area (Å²) in [4.78, 5) is 58.4. The molecular weight excluding hydrogens is 459 g/mol. The number of amides is 3. The van der Waals surface area contributed by atoms with Gasteiger partial charge in [-0.05, 0) is 31.0 Å². The average Bonchev–Trinajstić information content (AvgIpc) is 2.75. The Morgan fingerprint density at radius 1 is 1.19 bits per heavy atom. The Morgan fingerprint density at radius 2 is 1.91 bits per heavy atom. The first-order chi connectivity index (χ1) is 15.2. The predicted octanol–water partition coefficient (Wildman–Crippen LogP) is 1.84. The second kappa shape index (κ2) is 8.79. The number of hydrogen-bond donors (Lipinski definition) is 4. The van der Waals surface area contributed by atoms with Crippen molar-refractivity contribution in [2.75, 3.05) is 28.6 Å². The molecule has 0 saturated carbocycles. The van der Waals surface area contributed by atoms with E-state index >= 15 is 0 Å². The summed E-state index contributed by atoms with van der Waals surface area (Å²) < 4.78 is 0. The van der Waals surface area contributed by atoms with Gasteiger partial charge >= 0.3 is 0 Å². The lowest BCUT2D eigenvalue weighted by atomic mass is 9.92. The minimum absolute atomic E-state index is 0.0364. The summed E-state index contributed by atoms with van der Waals surface area (Å²) >= 11 is 12.1. The first kappa shape index (κ1) is 22.1. The molecule has 168 valence electrons. The highest BCUT2D eigenvalue weighted by Crippen LogP contribution is 2.32. The minimum atomic E-state index is -1.06. The van der Waals surface area contributed by atoms with Crippen molar-refractivity contribution in [2.24, 2.45) is 11.7 Å². The number of nitrogens with zero attached hydrogens (tertiary/aromatic N) is 2. The molecule has 12 heteroatoms. The number of halogens is 2. The Bertz CT molecular complexity index is 1160. The Kier molecular flexibility index (Phi) is 6.07. The van der Waals surface area contributed by atoms with E-state index in [-0.39, 0.29) is 46.3 Å². The fraction of sp³-hybridized carbons (Fsp3) is 0.350. The van der Waals surface area contributed by atoms with Gasteiger partial charge in [-0.1, -0.05) is 23.2 Å². The summed E-state index contributed by atoms with van der Waals surface area (Å²) in [6.45, 7) is 0.945. The summed E-state index contributed by atoms with van der Waals surface area (Å²) in [5, 5.41) is 5.85. The molecule has 2 aliphatic heterocycles. The van der Waals surface area contributed by atoms with Gasteiger partial charge in [0.05, 0.1) is 22.2 Å². The number of aromatic nitrogens is 2. The lowest BCUT2D eigenvalue weighted by molar-refractivity contribution is -0.123. The maximum Gasteiger partial charge on any atom is 0.258 e. The molecular formula is C20H20Cl2N6O4. The van der Waals surface area contributed by atoms with Crippen molar-refractivity contribution in [1.82, 2.24) is 9.97 Å². The Labute approximate surface area is 192 Å². The normalized spacial score (nSPS) is 18.6. The molecule has 1 aromatic heterocycles. The maximum absolute atomic E-state index is 13.0. The number of nitrogens with one attached hydrogen (secondary N) is 3. The van der Waals surface area contributed by atoms with E-state index < -0.39 is 23.3 Å². The number of carbonyl (C=O) groups excluding carboxylic acids is 3. The van der Waals surface area contributed by atoms with Gasteiger partial charge in [-0.15, -0.1) is 0 Å². The number of aromatic amines is 1. The number of carbonyl (C=O) groups is 3. The molecule has 0 spiro atoms. The van der Waals surface area contributed by atoms with Gasteiger partial charge in [-0.25, -0.2) is 0 Å². The van der Waals surface area contributed by atoms with E-state index in [9.17, 15) is 19.2 Å². The maximum atomic E-state index is 13.0. The molecule has 0 radical (unpaired) electrons. The number of primary amides is 1. The topological polar surface area (TPSA) is 150 Å². The van der Waals surface area contributed by atoms with Gasteiger partial charge in [0.15, 0.2) is 0 Å². The van der Waals surface area contributed by atoms with E-state index in [1.165, 1.54) is 12.1 Å². The fourth-order valence-corrected chi connectivity index (χ4v) is 4.26. The highest BCUT2D eigenvalue weighted by Gasteiger charge is 2.36. The molecule has 10 nitrogen and oxygen atoms in total. The van der Waals surface area contributed by atoms with Crippen LogP contribution in [0.15, 0.2) is 23.0 Å². The molecule has 32 heavy (non-hydrogen) atoms. The van der Waals surface area contributed by atoms with Crippen molar-refractivity contribution < 1.29 is 14.4 Å². The molecule has 2 aliphatic rings. The molecule has 2 aromatic rings. The van der Waals surface area contributed by atoms with E-state index in [4.69, 9.17) is 28.9 Å². The van der Waals surface area contributed by atoms with Crippen molar-refractivity contribution in [1.29, 1.82) is 0 Å². The Morgan fingerprint density at radius 3 is 2.59 bits per heavy atom. The van der Waals surface area contributed by atoms with Crippen LogP contribution < -0.4 is 26.8 Å². The number of nitrogens with two attached hydrogens (primary N) is 1. The highest BCUT2D eigenvalue weighted by atomic mass is 35.5. The predicted molar refractivity (Wildman–Crippen MR) is 120 cm³/mol. The third kappa shape index (κ3) is 4.42. The summed E-state index contributed by atoms with van der Waals surface area (Å²) in [6.07, 6.45) is 0.854. The van der Waals surface area contributed by atoms with Gasteiger partial charge in [0.25, 0.3) is 5.56 Å². The lowest BCUT2D eigenvalue weighted by Crippen LogP contribution is -2.41. The van der Waals surface area contributed by atoms with Crippen LogP contribution in [0.5, 0.6) is 0 Å². The molecule has 0 bridgehead atoms. The first-order valence-electron chi connectivity index (χ1n) is 9.97. The van der Waals surface area contributed by atoms with Crippen LogP contribution in [-0.2, 0) is 14.4 Å². The Hall–Kier alpha value is -3.11. The van der Waals surface area contributed by atoms with Crippen molar-refractivity contribution >= 4 is 58.4 Å². The molecule has 1 fully saturated rings.